The van der Waals surface area contributed by atoms with E-state index >= 15 is 0 Å². The zero-order valence-corrected chi connectivity index (χ0v) is 13.0. The van der Waals surface area contributed by atoms with E-state index in [-0.39, 0.29) is 0 Å². The minimum Gasteiger partial charge on any atom is -0.312 e. The predicted octanol–water partition coefficient (Wildman–Crippen LogP) is 3.67. The van der Waals surface area contributed by atoms with Crippen molar-refractivity contribution in [1.29, 1.82) is 0 Å². The highest BCUT2D eigenvalue weighted by molar-refractivity contribution is 4.95. The molecule has 2 unspecified atom stereocenters. The molecule has 1 N–H and O–H groups in total. The Morgan fingerprint density at radius 3 is 1.94 bits per heavy atom. The normalized spacial score (nSPS) is 17.1. The maximum Gasteiger partial charge on any atom is 0.0331 e. The van der Waals surface area contributed by atoms with Crippen molar-refractivity contribution in [2.24, 2.45) is 0 Å². The Bertz CT molecular complexity index is 178. The van der Waals surface area contributed by atoms with Crippen molar-refractivity contribution in [2.75, 3.05) is 19.6 Å². The van der Waals surface area contributed by atoms with Crippen LogP contribution in [0.5, 0.6) is 0 Å². The van der Waals surface area contributed by atoms with Gasteiger partial charge in [0.05, 0.1) is 0 Å². The van der Waals surface area contributed by atoms with Crippen LogP contribution in [0.25, 0.3) is 0 Å². The highest BCUT2D eigenvalue weighted by atomic mass is 15.2. The number of hydrogen-bond acceptors (Lipinski definition) is 2. The van der Waals surface area contributed by atoms with Crippen LogP contribution in [-0.2, 0) is 0 Å². The van der Waals surface area contributed by atoms with Crippen LogP contribution in [0, 0.1) is 0 Å². The van der Waals surface area contributed by atoms with Gasteiger partial charge in [-0.15, -0.1) is 0 Å². The summed E-state index contributed by atoms with van der Waals surface area (Å²) < 4.78 is 0. The third-order valence-corrected chi connectivity index (χ3v) is 4.17. The predicted molar refractivity (Wildman–Crippen MR) is 78.6 cm³/mol. The maximum absolute atomic E-state index is 3.77. The topological polar surface area (TPSA) is 15.3 Å². The molecule has 17 heavy (non-hydrogen) atoms. The largest absolute Gasteiger partial charge is 0.312 e. The molecule has 2 atom stereocenters. The van der Waals surface area contributed by atoms with Crippen molar-refractivity contribution in [3.8, 4) is 0 Å². The summed E-state index contributed by atoms with van der Waals surface area (Å²) in [5, 5.41) is 3.77. The number of rotatable bonds is 10. The van der Waals surface area contributed by atoms with E-state index in [4.69, 9.17) is 0 Å². The Morgan fingerprint density at radius 1 is 1.00 bits per heavy atom. The molecule has 0 fully saturated rings. The van der Waals surface area contributed by atoms with Gasteiger partial charge in [-0.1, -0.05) is 41.0 Å². The summed E-state index contributed by atoms with van der Waals surface area (Å²) in [6, 6.07) is 0.623. The van der Waals surface area contributed by atoms with Crippen molar-refractivity contribution in [3.05, 3.63) is 0 Å². The summed E-state index contributed by atoms with van der Waals surface area (Å²) in [6.45, 7) is 17.3. The molecule has 0 aromatic rings. The molecule has 0 aromatic carbocycles. The van der Waals surface area contributed by atoms with Crippen LogP contribution in [0.4, 0.5) is 0 Å². The van der Waals surface area contributed by atoms with Crippen LogP contribution in [0.2, 0.25) is 0 Å². The molecule has 0 heterocycles. The van der Waals surface area contributed by atoms with Gasteiger partial charge < -0.3 is 5.32 Å². The second-order valence-electron chi connectivity index (χ2n) is 5.18. The maximum atomic E-state index is 3.77. The minimum atomic E-state index is 0.300. The Labute approximate surface area is 109 Å². The van der Waals surface area contributed by atoms with E-state index in [1.165, 1.54) is 25.7 Å². The highest BCUT2D eigenvalue weighted by Crippen LogP contribution is 2.26. The Kier molecular flexibility index (Phi) is 8.89. The molecule has 0 amide bonds. The molecule has 0 aliphatic carbocycles. The number of likely N-dealkylation sites (N-methyl/N-ethyl adjacent to an activating group) is 1. The third kappa shape index (κ3) is 4.59. The first-order valence-electron chi connectivity index (χ1n) is 7.58. The zero-order valence-electron chi connectivity index (χ0n) is 13.0. The lowest BCUT2D eigenvalue weighted by molar-refractivity contribution is 0.0664. The monoisotopic (exact) mass is 242 g/mol. The van der Waals surface area contributed by atoms with Gasteiger partial charge in [0.1, 0.15) is 0 Å². The fourth-order valence-electron chi connectivity index (χ4n) is 2.88. The standard InChI is InChI=1S/C15H34N2/c1-7-12-14(16-13-8-2)15(6,9-3)17(10-4)11-5/h14,16H,7-13H2,1-6H3. The molecule has 0 aromatic heterocycles. The van der Waals surface area contributed by atoms with Gasteiger partial charge in [0.25, 0.3) is 0 Å². The summed E-state index contributed by atoms with van der Waals surface area (Å²) in [6.07, 6.45) is 4.98. The molecular formula is C15H34N2. The molecule has 2 nitrogen and oxygen atoms in total. The molecule has 2 heteroatoms. The van der Waals surface area contributed by atoms with Crippen molar-refractivity contribution in [2.45, 2.75) is 78.8 Å². The van der Waals surface area contributed by atoms with Crippen LogP contribution < -0.4 is 5.32 Å². The Hall–Kier alpha value is -0.0800. The highest BCUT2D eigenvalue weighted by Gasteiger charge is 2.35. The lowest BCUT2D eigenvalue weighted by Crippen LogP contribution is -2.59. The molecular weight excluding hydrogens is 208 g/mol. The van der Waals surface area contributed by atoms with E-state index in [1.54, 1.807) is 0 Å². The lowest BCUT2D eigenvalue weighted by Gasteiger charge is -2.46. The number of nitrogens with one attached hydrogen (secondary N) is 1. The molecule has 0 radical (unpaired) electrons. The average Bonchev–Trinajstić information content (AvgIpc) is 2.35. The Balaban J connectivity index is 4.81. The van der Waals surface area contributed by atoms with Gasteiger partial charge in [0.15, 0.2) is 0 Å². The first-order valence-corrected chi connectivity index (χ1v) is 7.58. The first kappa shape index (κ1) is 16.9. The van der Waals surface area contributed by atoms with Gasteiger partial charge in [-0.3, -0.25) is 4.90 Å². The smallest absolute Gasteiger partial charge is 0.0331 e. The fourth-order valence-corrected chi connectivity index (χ4v) is 2.88. The molecule has 0 aliphatic heterocycles. The minimum absolute atomic E-state index is 0.300. The average molecular weight is 242 g/mol. The van der Waals surface area contributed by atoms with Gasteiger partial charge in [0.2, 0.25) is 0 Å². The van der Waals surface area contributed by atoms with E-state index in [0.717, 1.165) is 19.6 Å². The zero-order chi connectivity index (χ0) is 13.3. The summed E-state index contributed by atoms with van der Waals surface area (Å²) in [4.78, 5) is 2.62. The van der Waals surface area contributed by atoms with Crippen LogP contribution in [0.1, 0.15) is 67.2 Å². The van der Waals surface area contributed by atoms with Gasteiger partial charge >= 0.3 is 0 Å². The van der Waals surface area contributed by atoms with Crippen LogP contribution in [-0.4, -0.2) is 36.1 Å². The van der Waals surface area contributed by atoms with Crippen molar-refractivity contribution in [1.82, 2.24) is 10.2 Å². The first-order chi connectivity index (χ1) is 8.10. The van der Waals surface area contributed by atoms with Gasteiger partial charge in [0, 0.05) is 11.6 Å². The molecule has 104 valence electrons. The van der Waals surface area contributed by atoms with E-state index in [0.29, 0.717) is 11.6 Å². The van der Waals surface area contributed by atoms with Crippen LogP contribution in [0.3, 0.4) is 0 Å². The third-order valence-electron chi connectivity index (χ3n) is 4.17. The van der Waals surface area contributed by atoms with Crippen LogP contribution in [0.15, 0.2) is 0 Å². The summed E-state index contributed by atoms with van der Waals surface area (Å²) in [5.74, 6) is 0. The molecule has 0 spiro atoms. The molecule has 0 saturated heterocycles. The Morgan fingerprint density at radius 2 is 1.59 bits per heavy atom. The van der Waals surface area contributed by atoms with E-state index in [2.05, 4.69) is 51.8 Å². The van der Waals surface area contributed by atoms with Crippen molar-refractivity contribution in [3.63, 3.8) is 0 Å². The molecule has 0 aliphatic rings. The van der Waals surface area contributed by atoms with Gasteiger partial charge in [-0.2, -0.15) is 0 Å². The van der Waals surface area contributed by atoms with E-state index in [9.17, 15) is 0 Å². The summed E-state index contributed by atoms with van der Waals surface area (Å²) in [7, 11) is 0. The molecule has 0 rings (SSSR count). The van der Waals surface area contributed by atoms with E-state index < -0.39 is 0 Å². The quantitative estimate of drug-likeness (QED) is 0.629. The molecule has 0 saturated carbocycles. The second-order valence-corrected chi connectivity index (χ2v) is 5.18. The fraction of sp³-hybridized carbons (Fsp3) is 1.00. The SMILES string of the molecule is CCCNC(CCC)C(C)(CC)N(CC)CC. The van der Waals surface area contributed by atoms with Crippen LogP contribution >= 0.6 is 0 Å². The van der Waals surface area contributed by atoms with Crippen molar-refractivity contribution < 1.29 is 0 Å². The second kappa shape index (κ2) is 8.93. The number of hydrogen-bond donors (Lipinski definition) is 1. The van der Waals surface area contributed by atoms with Crippen molar-refractivity contribution >= 4 is 0 Å². The number of nitrogens with zero attached hydrogens (tertiary/aromatic N) is 1. The summed E-state index contributed by atoms with van der Waals surface area (Å²) in [5.41, 5.74) is 0.300. The summed E-state index contributed by atoms with van der Waals surface area (Å²) >= 11 is 0. The van der Waals surface area contributed by atoms with Gasteiger partial charge in [-0.05, 0) is 45.8 Å². The van der Waals surface area contributed by atoms with E-state index in [1.807, 2.05) is 0 Å². The molecule has 0 bridgehead atoms. The lowest BCUT2D eigenvalue weighted by atomic mass is 9.84. The van der Waals surface area contributed by atoms with Gasteiger partial charge in [-0.25, -0.2) is 0 Å².